The first kappa shape index (κ1) is 19.4. The predicted molar refractivity (Wildman–Crippen MR) is 75.0 cm³/mol. The first-order valence-corrected chi connectivity index (χ1v) is 8.60. The van der Waals surface area contributed by atoms with E-state index in [-0.39, 0.29) is 0 Å². The fourth-order valence-electron chi connectivity index (χ4n) is 2.54. The zero-order valence-corrected chi connectivity index (χ0v) is 14.2. The van der Waals surface area contributed by atoms with Crippen molar-refractivity contribution in [3.05, 3.63) is 11.3 Å². The van der Waals surface area contributed by atoms with Crippen molar-refractivity contribution in [3.63, 3.8) is 0 Å². The number of sulfone groups is 1. The molecule has 0 fully saturated rings. The van der Waals surface area contributed by atoms with E-state index >= 15 is 0 Å². The van der Waals surface area contributed by atoms with Gasteiger partial charge in [-0.3, -0.25) is 0 Å². The molecule has 2 heterocycles. The van der Waals surface area contributed by atoms with Gasteiger partial charge in [0.2, 0.25) is 5.88 Å². The molecule has 0 amide bonds. The highest BCUT2D eigenvalue weighted by Crippen LogP contribution is 2.48. The van der Waals surface area contributed by atoms with Crippen molar-refractivity contribution in [1.82, 2.24) is 9.78 Å². The van der Waals surface area contributed by atoms with Gasteiger partial charge in [-0.2, -0.15) is 27.1 Å². The van der Waals surface area contributed by atoms with E-state index in [2.05, 4.69) is 15.0 Å². The lowest BCUT2D eigenvalue weighted by Crippen LogP contribution is -2.35. The van der Waals surface area contributed by atoms with Crippen molar-refractivity contribution in [1.29, 1.82) is 0 Å². The topological polar surface area (TPSA) is 82.8 Å². The van der Waals surface area contributed by atoms with Crippen LogP contribution in [-0.2, 0) is 27.9 Å². The summed E-state index contributed by atoms with van der Waals surface area (Å²) in [5.74, 6) is -2.55. The van der Waals surface area contributed by atoms with Crippen LogP contribution in [0.3, 0.4) is 0 Å². The van der Waals surface area contributed by atoms with Gasteiger partial charge in [0.25, 0.3) is 0 Å². The third-order valence-electron chi connectivity index (χ3n) is 3.48. The monoisotopic (exact) mass is 391 g/mol. The molecule has 2 rings (SSSR count). The van der Waals surface area contributed by atoms with Crippen LogP contribution >= 0.6 is 0 Å². The van der Waals surface area contributed by atoms with E-state index in [0.717, 1.165) is 13.3 Å². The molecule has 25 heavy (non-hydrogen) atoms. The van der Waals surface area contributed by atoms with Crippen molar-refractivity contribution in [3.8, 4) is 5.88 Å². The molecule has 1 unspecified atom stereocenters. The summed E-state index contributed by atoms with van der Waals surface area (Å²) in [6.45, 7) is -0.892. The number of aromatic nitrogens is 2. The van der Waals surface area contributed by atoms with E-state index in [1.54, 1.807) is 0 Å². The average Bonchev–Trinajstić information content (AvgIpc) is 2.86. The van der Waals surface area contributed by atoms with E-state index in [0.29, 0.717) is 4.68 Å². The van der Waals surface area contributed by atoms with Gasteiger partial charge in [-0.25, -0.2) is 13.1 Å². The fourth-order valence-corrected chi connectivity index (χ4v) is 3.54. The van der Waals surface area contributed by atoms with Crippen LogP contribution in [0.4, 0.5) is 22.0 Å². The Balaban J connectivity index is 2.80. The number of nitrogens with zero attached hydrogens (tertiary/aromatic N) is 3. The second-order valence-electron chi connectivity index (χ2n) is 5.90. The largest absolute Gasteiger partial charge is 0.435 e. The molecular weight excluding hydrogens is 377 g/mol. The molecule has 1 atom stereocenters. The van der Waals surface area contributed by atoms with Crippen molar-refractivity contribution >= 4 is 14.9 Å². The van der Waals surface area contributed by atoms with Gasteiger partial charge >= 0.3 is 12.8 Å². The average molecular weight is 391 g/mol. The Morgan fingerprint density at radius 3 is 2.32 bits per heavy atom. The molecule has 0 saturated heterocycles. The highest BCUT2D eigenvalue weighted by Gasteiger charge is 2.53. The summed E-state index contributed by atoms with van der Waals surface area (Å²) in [6.07, 6.45) is -4.32. The maximum Gasteiger partial charge on any atom is 0.435 e. The molecule has 1 aromatic rings. The molecule has 7 nitrogen and oxygen atoms in total. The Labute approximate surface area is 139 Å². The Morgan fingerprint density at radius 1 is 1.32 bits per heavy atom. The smallest absolute Gasteiger partial charge is 0.417 e. The van der Waals surface area contributed by atoms with Crippen LogP contribution < -0.4 is 4.74 Å². The highest BCUT2D eigenvalue weighted by atomic mass is 32.2. The lowest BCUT2D eigenvalue weighted by molar-refractivity contribution is -0.142. The predicted octanol–water partition coefficient (Wildman–Crippen LogP) is 2.29. The highest BCUT2D eigenvalue weighted by molar-refractivity contribution is 8.05. The maximum atomic E-state index is 13.4. The lowest BCUT2D eigenvalue weighted by Gasteiger charge is -2.25. The first-order chi connectivity index (χ1) is 11.2. The molecule has 0 spiro atoms. The third kappa shape index (κ3) is 3.55. The van der Waals surface area contributed by atoms with Crippen LogP contribution in [0.1, 0.15) is 31.0 Å². The molecule has 1 aliphatic heterocycles. The second-order valence-corrected chi connectivity index (χ2v) is 7.86. The van der Waals surface area contributed by atoms with Crippen molar-refractivity contribution < 1.29 is 39.9 Å². The number of ether oxygens (including phenoxy) is 1. The van der Waals surface area contributed by atoms with E-state index in [1.807, 2.05) is 0 Å². The summed E-state index contributed by atoms with van der Waals surface area (Å²) in [5, 5.41) is 5.81. The summed E-state index contributed by atoms with van der Waals surface area (Å²) < 4.78 is 93.9. The van der Waals surface area contributed by atoms with Gasteiger partial charge in [0.15, 0.2) is 20.6 Å². The van der Waals surface area contributed by atoms with Crippen LogP contribution in [0.25, 0.3) is 0 Å². The van der Waals surface area contributed by atoms with Gasteiger partial charge < -0.3 is 9.57 Å². The Kier molecular flexibility index (Phi) is 4.51. The SMILES string of the molecule is Cn1nc(C(F)(F)F)c(C2C(S(C)(=O)=O)=NOC2(C)C)c1OC(F)F. The van der Waals surface area contributed by atoms with Gasteiger partial charge in [-0.15, -0.1) is 0 Å². The Bertz CT molecular complexity index is 813. The second kappa shape index (κ2) is 5.81. The van der Waals surface area contributed by atoms with Crippen molar-refractivity contribution in [2.45, 2.75) is 38.2 Å². The number of halogens is 5. The minimum Gasteiger partial charge on any atom is -0.417 e. The third-order valence-corrected chi connectivity index (χ3v) is 4.55. The standard InChI is InChI=1S/C12H14F5N3O4S/c1-11(2)6(8(19-24-11)25(4,21)22)5-7(12(15,16)17)18-20(3)9(5)23-10(13)14/h6,10H,1-4H3. The zero-order chi connectivity index (χ0) is 19.4. The summed E-state index contributed by atoms with van der Waals surface area (Å²) >= 11 is 0. The molecule has 0 aromatic carbocycles. The number of aryl methyl sites for hydroxylation is 1. The Morgan fingerprint density at radius 2 is 1.88 bits per heavy atom. The van der Waals surface area contributed by atoms with E-state index in [1.165, 1.54) is 13.8 Å². The molecule has 0 N–H and O–H groups in total. The van der Waals surface area contributed by atoms with E-state index in [4.69, 9.17) is 4.84 Å². The number of hydrogen-bond acceptors (Lipinski definition) is 6. The summed E-state index contributed by atoms with van der Waals surface area (Å²) in [5.41, 5.74) is -3.99. The number of rotatable bonds is 3. The van der Waals surface area contributed by atoms with Crippen LogP contribution in [0.2, 0.25) is 0 Å². The molecule has 1 aromatic heterocycles. The summed E-state index contributed by atoms with van der Waals surface area (Å²) in [6, 6.07) is 0. The maximum absolute atomic E-state index is 13.4. The molecule has 142 valence electrons. The number of alkyl halides is 5. The fraction of sp³-hybridized carbons (Fsp3) is 0.667. The minimum atomic E-state index is -5.04. The molecule has 0 radical (unpaired) electrons. The lowest BCUT2D eigenvalue weighted by atomic mass is 9.85. The molecule has 1 aliphatic rings. The summed E-state index contributed by atoms with van der Waals surface area (Å²) in [7, 11) is -3.12. The molecule has 0 bridgehead atoms. The van der Waals surface area contributed by atoms with Gasteiger partial charge in [0.05, 0.1) is 11.5 Å². The van der Waals surface area contributed by atoms with Crippen LogP contribution in [0.15, 0.2) is 5.16 Å². The van der Waals surface area contributed by atoms with Crippen LogP contribution in [0, 0.1) is 0 Å². The van der Waals surface area contributed by atoms with Crippen LogP contribution in [-0.4, -0.2) is 41.7 Å². The molecule has 0 aliphatic carbocycles. The van der Waals surface area contributed by atoms with Crippen molar-refractivity contribution in [2.24, 2.45) is 12.2 Å². The van der Waals surface area contributed by atoms with Gasteiger partial charge in [0, 0.05) is 13.3 Å². The Hall–Kier alpha value is -1.92. The zero-order valence-electron chi connectivity index (χ0n) is 13.4. The summed E-state index contributed by atoms with van der Waals surface area (Å²) in [4.78, 5) is 4.94. The van der Waals surface area contributed by atoms with E-state index in [9.17, 15) is 30.4 Å². The molecular formula is C12H14F5N3O4S. The van der Waals surface area contributed by atoms with E-state index < -0.39 is 56.3 Å². The number of oxime groups is 1. The van der Waals surface area contributed by atoms with Gasteiger partial charge in [-0.05, 0) is 13.8 Å². The van der Waals surface area contributed by atoms with Crippen molar-refractivity contribution in [2.75, 3.05) is 6.26 Å². The number of hydrogen-bond donors (Lipinski definition) is 0. The molecule has 13 heteroatoms. The normalized spacial score (nSPS) is 20.6. The van der Waals surface area contributed by atoms with Gasteiger partial charge in [0.1, 0.15) is 5.60 Å². The van der Waals surface area contributed by atoms with Gasteiger partial charge in [-0.1, -0.05) is 5.16 Å². The van der Waals surface area contributed by atoms with Crippen LogP contribution in [0.5, 0.6) is 5.88 Å². The first-order valence-electron chi connectivity index (χ1n) is 6.71. The minimum absolute atomic E-state index is 0.471. The quantitative estimate of drug-likeness (QED) is 0.739. The molecule has 0 saturated carbocycles.